The first-order valence-electron chi connectivity index (χ1n) is 9.11. The van der Waals surface area contributed by atoms with Gasteiger partial charge in [-0.15, -0.1) is 21.5 Å². The van der Waals surface area contributed by atoms with Crippen molar-refractivity contribution in [2.24, 2.45) is 0 Å². The van der Waals surface area contributed by atoms with Gasteiger partial charge in [-0.3, -0.25) is 8.97 Å². The zero-order chi connectivity index (χ0) is 18.9. The van der Waals surface area contributed by atoms with Crippen LogP contribution in [0, 0.1) is 0 Å². The normalized spacial score (nSPS) is 17.0. The standard InChI is InChI=1S/C19H18ClN5OS2/c20-14-5-3-13(4-6-14)17-22-23-19(25(17)11-16-2-1-8-26-16)28-12-15-10-24-7-9-27-18(24)21-15/h3-7,9-10,16H,1-2,8,11-12H2/t16-/m0/s1. The predicted molar refractivity (Wildman–Crippen MR) is 112 cm³/mol. The summed E-state index contributed by atoms with van der Waals surface area (Å²) in [6.45, 7) is 1.59. The molecule has 28 heavy (non-hydrogen) atoms. The summed E-state index contributed by atoms with van der Waals surface area (Å²) in [5.41, 5.74) is 2.04. The van der Waals surface area contributed by atoms with E-state index in [4.69, 9.17) is 16.3 Å². The molecule has 1 fully saturated rings. The van der Waals surface area contributed by atoms with Gasteiger partial charge in [-0.1, -0.05) is 23.4 Å². The van der Waals surface area contributed by atoms with Crippen molar-refractivity contribution < 1.29 is 4.74 Å². The molecule has 3 aromatic heterocycles. The van der Waals surface area contributed by atoms with Gasteiger partial charge in [0.05, 0.1) is 18.3 Å². The molecule has 5 rings (SSSR count). The van der Waals surface area contributed by atoms with E-state index in [9.17, 15) is 0 Å². The average Bonchev–Trinajstić information content (AvgIpc) is 3.46. The molecule has 1 saturated heterocycles. The number of benzene rings is 1. The number of halogens is 1. The topological polar surface area (TPSA) is 57.2 Å². The number of aromatic nitrogens is 5. The highest BCUT2D eigenvalue weighted by atomic mass is 35.5. The number of hydrogen-bond acceptors (Lipinski definition) is 6. The van der Waals surface area contributed by atoms with Gasteiger partial charge in [0.15, 0.2) is 15.9 Å². The highest BCUT2D eigenvalue weighted by Gasteiger charge is 2.22. The molecule has 1 aliphatic heterocycles. The summed E-state index contributed by atoms with van der Waals surface area (Å²) in [6, 6.07) is 7.73. The second-order valence-electron chi connectivity index (χ2n) is 6.67. The van der Waals surface area contributed by atoms with Crippen molar-refractivity contribution in [3.05, 3.63) is 52.8 Å². The van der Waals surface area contributed by atoms with Crippen molar-refractivity contribution in [1.29, 1.82) is 0 Å². The van der Waals surface area contributed by atoms with E-state index >= 15 is 0 Å². The third-order valence-corrected chi connectivity index (χ3v) is 6.74. The summed E-state index contributed by atoms with van der Waals surface area (Å²) in [6.07, 6.45) is 6.48. The molecule has 4 heterocycles. The first kappa shape index (κ1) is 18.2. The van der Waals surface area contributed by atoms with Gasteiger partial charge in [0, 0.05) is 40.7 Å². The molecule has 0 aliphatic carbocycles. The van der Waals surface area contributed by atoms with Crippen molar-refractivity contribution in [1.82, 2.24) is 24.1 Å². The van der Waals surface area contributed by atoms with E-state index in [0.29, 0.717) is 5.02 Å². The molecule has 0 radical (unpaired) electrons. The fraction of sp³-hybridized carbons (Fsp3) is 0.316. The van der Waals surface area contributed by atoms with E-state index < -0.39 is 0 Å². The molecule has 1 atom stereocenters. The Bertz CT molecular complexity index is 1050. The minimum Gasteiger partial charge on any atom is -0.376 e. The lowest BCUT2D eigenvalue weighted by molar-refractivity contribution is 0.0953. The maximum Gasteiger partial charge on any atom is 0.193 e. The van der Waals surface area contributed by atoms with Crippen LogP contribution in [0.15, 0.2) is 47.2 Å². The molecule has 6 nitrogen and oxygen atoms in total. The van der Waals surface area contributed by atoms with Crippen molar-refractivity contribution in [2.45, 2.75) is 36.4 Å². The van der Waals surface area contributed by atoms with E-state index in [0.717, 1.165) is 58.9 Å². The van der Waals surface area contributed by atoms with Crippen LogP contribution in [0.5, 0.6) is 0 Å². The van der Waals surface area contributed by atoms with Crippen LogP contribution in [0.25, 0.3) is 16.3 Å². The van der Waals surface area contributed by atoms with Crippen LogP contribution in [-0.2, 0) is 17.0 Å². The molecular formula is C19H18ClN5OS2. The zero-order valence-corrected chi connectivity index (χ0v) is 17.4. The summed E-state index contributed by atoms with van der Waals surface area (Å²) in [5.74, 6) is 1.60. The van der Waals surface area contributed by atoms with E-state index in [1.807, 2.05) is 35.8 Å². The average molecular weight is 432 g/mol. The highest BCUT2D eigenvalue weighted by Crippen LogP contribution is 2.29. The Balaban J connectivity index is 1.42. The maximum absolute atomic E-state index is 6.05. The summed E-state index contributed by atoms with van der Waals surface area (Å²) in [7, 11) is 0. The van der Waals surface area contributed by atoms with Crippen LogP contribution < -0.4 is 0 Å². The first-order chi connectivity index (χ1) is 13.8. The number of ether oxygens (including phenoxy) is 1. The van der Waals surface area contributed by atoms with Crippen LogP contribution in [0.1, 0.15) is 18.5 Å². The van der Waals surface area contributed by atoms with Crippen molar-refractivity contribution >= 4 is 39.7 Å². The summed E-state index contributed by atoms with van der Waals surface area (Å²) >= 11 is 9.34. The fourth-order valence-electron chi connectivity index (χ4n) is 3.35. The monoisotopic (exact) mass is 431 g/mol. The molecule has 144 valence electrons. The van der Waals surface area contributed by atoms with Crippen LogP contribution >= 0.6 is 34.7 Å². The Morgan fingerprint density at radius 1 is 1.25 bits per heavy atom. The molecule has 9 heteroatoms. The molecule has 0 bridgehead atoms. The van der Waals surface area contributed by atoms with Crippen molar-refractivity contribution in [2.75, 3.05) is 6.61 Å². The van der Waals surface area contributed by atoms with Crippen LogP contribution in [0.3, 0.4) is 0 Å². The fourth-order valence-corrected chi connectivity index (χ4v) is 5.03. The zero-order valence-electron chi connectivity index (χ0n) is 15.0. The van der Waals surface area contributed by atoms with Gasteiger partial charge in [-0.25, -0.2) is 4.98 Å². The highest BCUT2D eigenvalue weighted by molar-refractivity contribution is 7.98. The van der Waals surface area contributed by atoms with Gasteiger partial charge >= 0.3 is 0 Å². The van der Waals surface area contributed by atoms with Gasteiger partial charge < -0.3 is 4.74 Å². The van der Waals surface area contributed by atoms with Gasteiger partial charge in [0.1, 0.15) is 0 Å². The number of thioether (sulfide) groups is 1. The smallest absolute Gasteiger partial charge is 0.193 e. The van der Waals surface area contributed by atoms with Crippen molar-refractivity contribution in [3.8, 4) is 11.4 Å². The van der Waals surface area contributed by atoms with Gasteiger partial charge in [-0.2, -0.15) is 0 Å². The minimum absolute atomic E-state index is 0.208. The molecule has 1 aromatic carbocycles. The number of imidazole rings is 1. The largest absolute Gasteiger partial charge is 0.376 e. The molecular weight excluding hydrogens is 414 g/mol. The van der Waals surface area contributed by atoms with Crippen LogP contribution in [0.2, 0.25) is 5.02 Å². The van der Waals surface area contributed by atoms with E-state index in [2.05, 4.69) is 30.3 Å². The minimum atomic E-state index is 0.208. The van der Waals surface area contributed by atoms with Gasteiger partial charge in [0.2, 0.25) is 0 Å². The third kappa shape index (κ3) is 3.69. The molecule has 1 aliphatic rings. The van der Waals surface area contributed by atoms with E-state index in [-0.39, 0.29) is 6.10 Å². The Morgan fingerprint density at radius 3 is 2.93 bits per heavy atom. The molecule has 0 unspecified atom stereocenters. The molecule has 0 amide bonds. The molecule has 0 spiro atoms. The first-order valence-corrected chi connectivity index (χ1v) is 11.4. The van der Waals surface area contributed by atoms with Crippen LogP contribution in [0.4, 0.5) is 0 Å². The summed E-state index contributed by atoms with van der Waals surface area (Å²) < 4.78 is 10.1. The Kier molecular flexibility index (Phi) is 5.11. The molecule has 4 aromatic rings. The lowest BCUT2D eigenvalue weighted by Gasteiger charge is -2.14. The van der Waals surface area contributed by atoms with Crippen LogP contribution in [-0.4, -0.2) is 36.9 Å². The second kappa shape index (κ2) is 7.87. The Hall–Kier alpha value is -1.87. The number of rotatable bonds is 6. The third-order valence-electron chi connectivity index (χ3n) is 4.72. The van der Waals surface area contributed by atoms with E-state index in [1.54, 1.807) is 23.1 Å². The summed E-state index contributed by atoms with van der Waals surface area (Å²) in [5, 5.41) is 12.6. The lowest BCUT2D eigenvalue weighted by atomic mass is 10.2. The molecule has 0 N–H and O–H groups in total. The number of thiazole rings is 1. The second-order valence-corrected chi connectivity index (χ2v) is 8.92. The molecule has 0 saturated carbocycles. The summed E-state index contributed by atoms with van der Waals surface area (Å²) in [4.78, 5) is 5.67. The SMILES string of the molecule is Clc1ccc(-c2nnc(SCc3cn4ccsc4n3)n2C[C@@H]2CCCO2)cc1. The van der Waals surface area contributed by atoms with Crippen molar-refractivity contribution in [3.63, 3.8) is 0 Å². The maximum atomic E-state index is 6.05. The lowest BCUT2D eigenvalue weighted by Crippen LogP contribution is -2.16. The Labute approximate surface area is 175 Å². The van der Waals surface area contributed by atoms with Gasteiger partial charge in [-0.05, 0) is 37.1 Å². The Morgan fingerprint density at radius 2 is 2.14 bits per heavy atom. The number of fused-ring (bicyclic) bond motifs is 1. The number of hydrogen-bond donors (Lipinski definition) is 0. The van der Waals surface area contributed by atoms with Gasteiger partial charge in [0.25, 0.3) is 0 Å². The predicted octanol–water partition coefficient (Wildman–Crippen LogP) is 4.78. The number of nitrogens with zero attached hydrogens (tertiary/aromatic N) is 5. The quantitative estimate of drug-likeness (QED) is 0.411. The van der Waals surface area contributed by atoms with E-state index in [1.165, 1.54) is 0 Å².